The minimum atomic E-state index is -0.841. The Kier molecular flexibility index (Phi) is 5.20. The van der Waals surface area contributed by atoms with Crippen LogP contribution in [0.5, 0.6) is 0 Å². The van der Waals surface area contributed by atoms with E-state index in [0.717, 1.165) is 19.3 Å². The minimum absolute atomic E-state index is 0.0119. The number of nitrogens with one attached hydrogen (secondary N) is 1. The van der Waals surface area contributed by atoms with Crippen molar-refractivity contribution in [2.75, 3.05) is 19.6 Å². The first-order chi connectivity index (χ1) is 9.99. The Balaban J connectivity index is 1.83. The number of piperidine rings is 1. The summed E-state index contributed by atoms with van der Waals surface area (Å²) in [5.41, 5.74) is 0. The number of likely N-dealkylation sites (tertiary alicyclic amines) is 1. The van der Waals surface area contributed by atoms with Crippen LogP contribution in [0.4, 0.5) is 0 Å². The summed E-state index contributed by atoms with van der Waals surface area (Å²) in [6.07, 6.45) is 3.88. The van der Waals surface area contributed by atoms with Gasteiger partial charge in [0.25, 0.3) is 0 Å². The van der Waals surface area contributed by atoms with Crippen LogP contribution in [-0.4, -0.2) is 47.4 Å². The number of nitrogens with zero attached hydrogens (tertiary/aromatic N) is 1. The van der Waals surface area contributed by atoms with Gasteiger partial charge in [-0.25, -0.2) is 0 Å². The Morgan fingerprint density at radius 1 is 1.10 bits per heavy atom. The number of amides is 2. The molecule has 1 saturated carbocycles. The lowest BCUT2D eigenvalue weighted by Crippen LogP contribution is -2.45. The van der Waals surface area contributed by atoms with Gasteiger partial charge in [0, 0.05) is 26.6 Å². The van der Waals surface area contributed by atoms with Crippen molar-refractivity contribution in [3.63, 3.8) is 0 Å². The number of carboxylic acids is 1. The van der Waals surface area contributed by atoms with Gasteiger partial charge < -0.3 is 15.3 Å². The van der Waals surface area contributed by atoms with Crippen LogP contribution in [0.15, 0.2) is 0 Å². The fraction of sp³-hybridized carbons (Fsp3) is 0.800. The highest BCUT2D eigenvalue weighted by atomic mass is 16.4. The second-order valence-corrected chi connectivity index (χ2v) is 6.19. The summed E-state index contributed by atoms with van der Waals surface area (Å²) in [6.45, 7) is 3.52. The van der Waals surface area contributed by atoms with Crippen molar-refractivity contribution >= 4 is 17.8 Å². The zero-order chi connectivity index (χ0) is 15.4. The van der Waals surface area contributed by atoms with Crippen molar-refractivity contribution in [2.24, 2.45) is 17.8 Å². The van der Waals surface area contributed by atoms with Crippen molar-refractivity contribution in [3.8, 4) is 0 Å². The Labute approximate surface area is 124 Å². The summed E-state index contributed by atoms with van der Waals surface area (Å²) in [7, 11) is 0. The Hall–Kier alpha value is -1.59. The number of hydrogen-bond donors (Lipinski definition) is 2. The second-order valence-electron chi connectivity index (χ2n) is 6.19. The van der Waals surface area contributed by atoms with Crippen LogP contribution < -0.4 is 5.32 Å². The lowest BCUT2D eigenvalue weighted by atomic mass is 9.91. The van der Waals surface area contributed by atoms with Gasteiger partial charge >= 0.3 is 5.97 Å². The Bertz CT molecular complexity index is 416. The number of aliphatic carboxylic acids is 1. The summed E-state index contributed by atoms with van der Waals surface area (Å²) in [6, 6.07) is 0. The molecule has 1 aliphatic carbocycles. The molecule has 21 heavy (non-hydrogen) atoms. The van der Waals surface area contributed by atoms with Gasteiger partial charge in [0.1, 0.15) is 0 Å². The topological polar surface area (TPSA) is 86.7 Å². The molecule has 1 aliphatic heterocycles. The fourth-order valence-corrected chi connectivity index (χ4v) is 3.43. The molecule has 2 fully saturated rings. The average Bonchev–Trinajstić information content (AvgIpc) is 2.94. The van der Waals surface area contributed by atoms with Crippen LogP contribution in [0.1, 0.15) is 39.0 Å². The number of carbonyl (C=O) groups is 3. The monoisotopic (exact) mass is 296 g/mol. The number of carbonyl (C=O) groups excluding carboxylic acids is 2. The fourth-order valence-electron chi connectivity index (χ4n) is 3.43. The van der Waals surface area contributed by atoms with E-state index in [4.69, 9.17) is 0 Å². The lowest BCUT2D eigenvalue weighted by molar-refractivity contribution is -0.149. The lowest BCUT2D eigenvalue weighted by Gasteiger charge is -2.34. The van der Waals surface area contributed by atoms with Crippen LogP contribution in [0, 0.1) is 17.8 Å². The van der Waals surface area contributed by atoms with Gasteiger partial charge in [0.05, 0.1) is 11.8 Å². The standard InChI is InChI=1S/C15H24N2O4/c1-10(18)16-9-11-5-7-17(8-6-11)14(19)12-3-2-4-13(12)15(20)21/h11-13H,2-9H2,1H3,(H,16,18)(H,20,21)/t12-,13+/m1/s1. The van der Waals surface area contributed by atoms with Crippen molar-refractivity contribution in [3.05, 3.63) is 0 Å². The van der Waals surface area contributed by atoms with E-state index in [2.05, 4.69) is 5.32 Å². The first-order valence-electron chi connectivity index (χ1n) is 7.75. The van der Waals surface area contributed by atoms with Crippen LogP contribution in [-0.2, 0) is 14.4 Å². The van der Waals surface area contributed by atoms with Gasteiger partial charge in [-0.1, -0.05) is 6.42 Å². The first kappa shape index (κ1) is 15.8. The smallest absolute Gasteiger partial charge is 0.307 e. The zero-order valence-corrected chi connectivity index (χ0v) is 12.5. The predicted octanol–water partition coefficient (Wildman–Crippen LogP) is 0.862. The van der Waals surface area contributed by atoms with Gasteiger partial charge in [0.15, 0.2) is 0 Å². The summed E-state index contributed by atoms with van der Waals surface area (Å²) in [5, 5.41) is 12.0. The predicted molar refractivity (Wildman–Crippen MR) is 76.5 cm³/mol. The van der Waals surface area contributed by atoms with Gasteiger partial charge in [-0.05, 0) is 31.6 Å². The molecule has 2 atom stereocenters. The van der Waals surface area contributed by atoms with Gasteiger partial charge in [-0.2, -0.15) is 0 Å². The Morgan fingerprint density at radius 2 is 1.71 bits per heavy atom. The van der Waals surface area contributed by atoms with E-state index < -0.39 is 11.9 Å². The number of carboxylic acid groups (broad SMARTS) is 1. The summed E-state index contributed by atoms with van der Waals surface area (Å²) >= 11 is 0. The SMILES string of the molecule is CC(=O)NCC1CCN(C(=O)[C@@H]2CCC[C@@H]2C(=O)O)CC1. The molecule has 2 rings (SSSR count). The third-order valence-electron chi connectivity index (χ3n) is 4.72. The van der Waals surface area contributed by atoms with E-state index in [-0.39, 0.29) is 17.7 Å². The third kappa shape index (κ3) is 3.95. The molecule has 0 aromatic heterocycles. The van der Waals surface area contributed by atoms with E-state index in [1.807, 2.05) is 4.90 Å². The molecule has 2 aliphatic rings. The Morgan fingerprint density at radius 3 is 2.29 bits per heavy atom. The van der Waals surface area contributed by atoms with Crippen LogP contribution in [0.25, 0.3) is 0 Å². The molecular weight excluding hydrogens is 272 g/mol. The molecule has 0 bridgehead atoms. The van der Waals surface area contributed by atoms with Gasteiger partial charge in [-0.3, -0.25) is 14.4 Å². The molecule has 0 aromatic carbocycles. The van der Waals surface area contributed by atoms with Crippen LogP contribution in [0.2, 0.25) is 0 Å². The minimum Gasteiger partial charge on any atom is -0.481 e. The maximum absolute atomic E-state index is 12.5. The van der Waals surface area contributed by atoms with Crippen molar-refractivity contribution in [2.45, 2.75) is 39.0 Å². The zero-order valence-electron chi connectivity index (χ0n) is 12.5. The summed E-state index contributed by atoms with van der Waals surface area (Å²) < 4.78 is 0. The van der Waals surface area contributed by atoms with Gasteiger partial charge in [0.2, 0.25) is 11.8 Å². The molecular formula is C15H24N2O4. The maximum Gasteiger partial charge on any atom is 0.307 e. The highest BCUT2D eigenvalue weighted by Gasteiger charge is 2.40. The quantitative estimate of drug-likeness (QED) is 0.805. The van der Waals surface area contributed by atoms with Crippen molar-refractivity contribution in [1.82, 2.24) is 10.2 Å². The van der Waals surface area contributed by atoms with Crippen molar-refractivity contribution in [1.29, 1.82) is 0 Å². The molecule has 0 aromatic rings. The van der Waals surface area contributed by atoms with E-state index in [1.165, 1.54) is 6.92 Å². The summed E-state index contributed by atoms with van der Waals surface area (Å²) in [4.78, 5) is 36.4. The molecule has 0 unspecified atom stereocenters. The second kappa shape index (κ2) is 6.91. The molecule has 2 amide bonds. The maximum atomic E-state index is 12.5. The van der Waals surface area contributed by atoms with E-state index in [1.54, 1.807) is 0 Å². The summed E-state index contributed by atoms with van der Waals surface area (Å²) in [5.74, 6) is -1.28. The normalized spacial score (nSPS) is 26.6. The number of hydrogen-bond acceptors (Lipinski definition) is 3. The molecule has 0 radical (unpaired) electrons. The first-order valence-corrected chi connectivity index (χ1v) is 7.75. The van der Waals surface area contributed by atoms with Gasteiger partial charge in [-0.15, -0.1) is 0 Å². The molecule has 1 saturated heterocycles. The third-order valence-corrected chi connectivity index (χ3v) is 4.72. The highest BCUT2D eigenvalue weighted by Crippen LogP contribution is 2.34. The van der Waals surface area contributed by atoms with Crippen LogP contribution >= 0.6 is 0 Å². The van der Waals surface area contributed by atoms with E-state index in [9.17, 15) is 19.5 Å². The molecule has 6 heteroatoms. The number of rotatable bonds is 4. The van der Waals surface area contributed by atoms with E-state index in [0.29, 0.717) is 38.4 Å². The van der Waals surface area contributed by atoms with Crippen molar-refractivity contribution < 1.29 is 19.5 Å². The highest BCUT2D eigenvalue weighted by molar-refractivity contribution is 5.85. The molecule has 0 spiro atoms. The molecule has 2 N–H and O–H groups in total. The van der Waals surface area contributed by atoms with E-state index >= 15 is 0 Å². The molecule has 118 valence electrons. The van der Waals surface area contributed by atoms with Crippen LogP contribution in [0.3, 0.4) is 0 Å². The largest absolute Gasteiger partial charge is 0.481 e. The molecule has 1 heterocycles. The molecule has 6 nitrogen and oxygen atoms in total. The average molecular weight is 296 g/mol.